The van der Waals surface area contributed by atoms with Crippen LogP contribution < -0.4 is 0 Å². The Morgan fingerprint density at radius 3 is 2.50 bits per heavy atom. The third-order valence-corrected chi connectivity index (χ3v) is 8.68. The first-order chi connectivity index (χ1) is 11.3. The maximum absolute atomic E-state index is 13.1. The molecule has 3 rings (SSSR count). The normalized spacial score (nSPS) is 23.3. The summed E-state index contributed by atoms with van der Waals surface area (Å²) in [6, 6.07) is 4.98. The molecule has 0 unspecified atom stereocenters. The largest absolute Gasteiger partial charge is 0.243 e. The predicted octanol–water partition coefficient (Wildman–Crippen LogP) is 2.15. The number of rotatable bonds is 5. The lowest BCUT2D eigenvalue weighted by molar-refractivity contribution is 0.340. The molecule has 1 heterocycles. The second-order valence-electron chi connectivity index (χ2n) is 6.81. The van der Waals surface area contributed by atoms with E-state index in [4.69, 9.17) is 0 Å². The molecule has 2 aliphatic rings. The van der Waals surface area contributed by atoms with Crippen LogP contribution in [0.3, 0.4) is 0 Å². The summed E-state index contributed by atoms with van der Waals surface area (Å²) < 4.78 is 51.3. The Labute approximate surface area is 145 Å². The Morgan fingerprint density at radius 2 is 1.88 bits per heavy atom. The Hall–Kier alpha value is -0.920. The van der Waals surface area contributed by atoms with Crippen LogP contribution in [0, 0.1) is 0 Å². The topological polar surface area (TPSA) is 71.5 Å². The van der Waals surface area contributed by atoms with Crippen molar-refractivity contribution >= 4 is 19.9 Å². The second kappa shape index (κ2) is 6.77. The lowest BCUT2D eigenvalue weighted by atomic mass is 9.92. The van der Waals surface area contributed by atoms with Crippen LogP contribution in [0.25, 0.3) is 0 Å². The molecule has 1 aromatic rings. The Kier molecular flexibility index (Phi) is 5.04. The highest BCUT2D eigenvalue weighted by molar-refractivity contribution is 7.92. The van der Waals surface area contributed by atoms with Crippen LogP contribution in [0.2, 0.25) is 0 Å². The fourth-order valence-corrected chi connectivity index (χ4v) is 7.35. The SMILES string of the molecule is CCCN([C@H]1CCS(=O)(=O)C1)S(=O)(=O)c1ccc2c(c1)CCCC2. The smallest absolute Gasteiger partial charge is 0.229 e. The van der Waals surface area contributed by atoms with Gasteiger partial charge in [-0.05, 0) is 61.8 Å². The van der Waals surface area contributed by atoms with Gasteiger partial charge in [-0.1, -0.05) is 13.0 Å². The summed E-state index contributed by atoms with van der Waals surface area (Å²) in [5, 5.41) is 0. The zero-order valence-electron chi connectivity index (χ0n) is 14.1. The molecule has 0 aromatic heterocycles. The van der Waals surface area contributed by atoms with Crippen molar-refractivity contribution in [2.24, 2.45) is 0 Å². The minimum absolute atomic E-state index is 0.0584. The van der Waals surface area contributed by atoms with E-state index in [1.54, 1.807) is 12.1 Å². The van der Waals surface area contributed by atoms with E-state index in [0.29, 0.717) is 24.3 Å². The molecule has 1 aliphatic heterocycles. The molecule has 0 N–H and O–H groups in total. The number of sulfone groups is 1. The van der Waals surface area contributed by atoms with Crippen LogP contribution >= 0.6 is 0 Å². The van der Waals surface area contributed by atoms with Gasteiger partial charge in [0, 0.05) is 12.6 Å². The van der Waals surface area contributed by atoms with Gasteiger partial charge in [0.2, 0.25) is 10.0 Å². The molecule has 0 saturated carbocycles. The van der Waals surface area contributed by atoms with Crippen molar-refractivity contribution < 1.29 is 16.8 Å². The summed E-state index contributed by atoms with van der Waals surface area (Å²) in [6.07, 6.45) is 5.24. The molecule has 134 valence electrons. The first-order valence-corrected chi connectivity index (χ1v) is 11.9. The highest BCUT2D eigenvalue weighted by Gasteiger charge is 2.38. The molecule has 5 nitrogen and oxygen atoms in total. The van der Waals surface area contributed by atoms with Crippen molar-refractivity contribution in [3.63, 3.8) is 0 Å². The van der Waals surface area contributed by atoms with Crippen LogP contribution in [0.4, 0.5) is 0 Å². The molecule has 0 amide bonds. The van der Waals surface area contributed by atoms with E-state index < -0.39 is 25.9 Å². The van der Waals surface area contributed by atoms with E-state index in [2.05, 4.69) is 0 Å². The highest BCUT2D eigenvalue weighted by Crippen LogP contribution is 2.29. The molecule has 0 spiro atoms. The van der Waals surface area contributed by atoms with Crippen LogP contribution in [0.5, 0.6) is 0 Å². The molecule has 1 fully saturated rings. The molecule has 1 aromatic carbocycles. The molecule has 24 heavy (non-hydrogen) atoms. The number of benzene rings is 1. The molecule has 1 atom stereocenters. The van der Waals surface area contributed by atoms with Gasteiger partial charge in [-0.25, -0.2) is 16.8 Å². The summed E-state index contributed by atoms with van der Waals surface area (Å²) in [6.45, 7) is 2.28. The number of hydrogen-bond acceptors (Lipinski definition) is 4. The summed E-state index contributed by atoms with van der Waals surface area (Å²) in [7, 11) is -6.78. The Balaban J connectivity index is 1.94. The third kappa shape index (κ3) is 3.53. The fraction of sp³-hybridized carbons (Fsp3) is 0.647. The average molecular weight is 372 g/mol. The maximum atomic E-state index is 13.1. The maximum Gasteiger partial charge on any atom is 0.243 e. The zero-order chi connectivity index (χ0) is 17.4. The van der Waals surface area contributed by atoms with Crippen molar-refractivity contribution in [3.8, 4) is 0 Å². The molecular formula is C17H25NO4S2. The third-order valence-electron chi connectivity index (χ3n) is 4.99. The van der Waals surface area contributed by atoms with E-state index in [1.807, 2.05) is 13.0 Å². The lowest BCUT2D eigenvalue weighted by Gasteiger charge is -2.27. The standard InChI is InChI=1S/C17H25NO4S2/c1-2-10-18(16-9-11-23(19,20)13-16)24(21,22)17-8-7-14-5-3-4-6-15(14)12-17/h7-8,12,16H,2-6,9-11,13H2,1H3/t16-/m0/s1. The summed E-state index contributed by atoms with van der Waals surface area (Å²) in [4.78, 5) is 0.306. The first-order valence-electron chi connectivity index (χ1n) is 8.67. The van der Waals surface area contributed by atoms with Crippen molar-refractivity contribution in [2.75, 3.05) is 18.1 Å². The van der Waals surface area contributed by atoms with Gasteiger partial charge in [-0.15, -0.1) is 0 Å². The Bertz CT molecular complexity index is 815. The zero-order valence-corrected chi connectivity index (χ0v) is 15.7. The monoisotopic (exact) mass is 371 g/mol. The second-order valence-corrected chi connectivity index (χ2v) is 10.9. The van der Waals surface area contributed by atoms with E-state index in [0.717, 1.165) is 31.2 Å². The summed E-state index contributed by atoms with van der Waals surface area (Å²) in [5.74, 6) is 0.0226. The van der Waals surface area contributed by atoms with Crippen LogP contribution in [-0.4, -0.2) is 45.2 Å². The van der Waals surface area contributed by atoms with Crippen molar-refractivity contribution in [2.45, 2.75) is 56.4 Å². The van der Waals surface area contributed by atoms with E-state index in [9.17, 15) is 16.8 Å². The van der Waals surface area contributed by atoms with Crippen LogP contribution in [-0.2, 0) is 32.7 Å². The number of hydrogen-bond donors (Lipinski definition) is 0. The van der Waals surface area contributed by atoms with Crippen molar-refractivity contribution in [3.05, 3.63) is 29.3 Å². The highest BCUT2D eigenvalue weighted by atomic mass is 32.2. The molecule has 1 saturated heterocycles. The Morgan fingerprint density at radius 1 is 1.17 bits per heavy atom. The molecule has 7 heteroatoms. The predicted molar refractivity (Wildman–Crippen MR) is 94.3 cm³/mol. The molecular weight excluding hydrogens is 346 g/mol. The van der Waals surface area contributed by atoms with Gasteiger partial charge in [0.15, 0.2) is 9.84 Å². The minimum atomic E-state index is -3.66. The molecule has 1 aliphatic carbocycles. The van der Waals surface area contributed by atoms with E-state index >= 15 is 0 Å². The van der Waals surface area contributed by atoms with Gasteiger partial charge < -0.3 is 0 Å². The van der Waals surface area contributed by atoms with Gasteiger partial charge in [0.05, 0.1) is 16.4 Å². The van der Waals surface area contributed by atoms with Gasteiger partial charge in [0.25, 0.3) is 0 Å². The molecule has 0 bridgehead atoms. The van der Waals surface area contributed by atoms with E-state index in [1.165, 1.54) is 9.87 Å². The lowest BCUT2D eigenvalue weighted by Crippen LogP contribution is -2.41. The summed E-state index contributed by atoms with van der Waals surface area (Å²) in [5.41, 5.74) is 2.36. The summed E-state index contributed by atoms with van der Waals surface area (Å²) >= 11 is 0. The number of sulfonamides is 1. The van der Waals surface area contributed by atoms with Crippen LogP contribution in [0.1, 0.15) is 43.7 Å². The van der Waals surface area contributed by atoms with Gasteiger partial charge >= 0.3 is 0 Å². The number of aryl methyl sites for hydroxylation is 2. The minimum Gasteiger partial charge on any atom is -0.229 e. The average Bonchev–Trinajstić information content (AvgIpc) is 2.91. The quantitative estimate of drug-likeness (QED) is 0.795. The number of nitrogens with zero attached hydrogens (tertiary/aromatic N) is 1. The van der Waals surface area contributed by atoms with Gasteiger partial charge in [-0.3, -0.25) is 0 Å². The van der Waals surface area contributed by atoms with Crippen LogP contribution in [0.15, 0.2) is 23.1 Å². The molecule has 0 radical (unpaired) electrons. The van der Waals surface area contributed by atoms with Gasteiger partial charge in [0.1, 0.15) is 0 Å². The first kappa shape index (κ1) is 17.9. The van der Waals surface area contributed by atoms with Gasteiger partial charge in [-0.2, -0.15) is 4.31 Å². The van der Waals surface area contributed by atoms with E-state index in [-0.39, 0.29) is 11.5 Å². The number of fused-ring (bicyclic) bond motifs is 1. The fourth-order valence-electron chi connectivity index (χ4n) is 3.73. The van der Waals surface area contributed by atoms with Crippen molar-refractivity contribution in [1.29, 1.82) is 0 Å². The van der Waals surface area contributed by atoms with Crippen molar-refractivity contribution in [1.82, 2.24) is 4.31 Å².